The van der Waals surface area contributed by atoms with Gasteiger partial charge in [-0.3, -0.25) is 33.6 Å². The van der Waals surface area contributed by atoms with Crippen molar-refractivity contribution in [2.24, 2.45) is 11.5 Å². The van der Waals surface area contributed by atoms with Crippen LogP contribution in [0.25, 0.3) is 10.9 Å². The fourth-order valence-corrected chi connectivity index (χ4v) is 7.61. The average Bonchev–Trinajstić information content (AvgIpc) is 4.14. The number of carboxylic acids is 1. The molecule has 1 aliphatic heterocycles. The summed E-state index contributed by atoms with van der Waals surface area (Å²) in [6.45, 7) is -0.595. The minimum Gasteiger partial charge on any atom is -0.508 e. The molecular weight excluding hydrogens is 859 g/mol. The number of likely N-dealkylation sites (tertiary alicyclic amines) is 1. The number of aromatic amines is 3. The van der Waals surface area contributed by atoms with Crippen molar-refractivity contribution in [2.75, 3.05) is 13.1 Å². The SMILES string of the molecule is NC(=O)C[C@H](NC(=O)CNC(=O)[C@H](Cc1c[nH]c2ccccc12)NC(=O)[C@@H]1CCCN1C(=O)[C@H](Cc1ccc(O)cc1)NC(=O)[C@@H](N)Cc1cnc[nH]1)C(=O)N[C@@H](Cc1cnc[nH]1)C(=O)O. The first-order chi connectivity index (χ1) is 31.6. The van der Waals surface area contributed by atoms with E-state index in [2.05, 4.69) is 51.5 Å². The van der Waals surface area contributed by atoms with Gasteiger partial charge in [-0.1, -0.05) is 30.3 Å². The van der Waals surface area contributed by atoms with E-state index < -0.39 is 96.5 Å². The van der Waals surface area contributed by atoms with Crippen LogP contribution in [0.4, 0.5) is 0 Å². The van der Waals surface area contributed by atoms with Gasteiger partial charge in [0.25, 0.3) is 0 Å². The van der Waals surface area contributed by atoms with Crippen molar-refractivity contribution >= 4 is 58.2 Å². The number of amides is 7. The van der Waals surface area contributed by atoms with E-state index in [-0.39, 0.29) is 44.4 Å². The first-order valence-electron chi connectivity index (χ1n) is 21.0. The number of nitrogens with one attached hydrogen (secondary N) is 8. The van der Waals surface area contributed by atoms with Crippen LogP contribution in [0.3, 0.4) is 0 Å². The number of benzene rings is 2. The number of primary amides is 1. The fourth-order valence-electron chi connectivity index (χ4n) is 7.61. The number of H-pyrrole nitrogens is 3. The number of hydrogen-bond donors (Lipinski definition) is 12. The van der Waals surface area contributed by atoms with E-state index in [9.17, 15) is 48.6 Å². The highest BCUT2D eigenvalue weighted by Crippen LogP contribution is 2.23. The molecule has 0 bridgehead atoms. The van der Waals surface area contributed by atoms with Crippen molar-refractivity contribution in [3.63, 3.8) is 0 Å². The number of phenols is 1. The maximum absolute atomic E-state index is 14.4. The number of nitrogens with two attached hydrogens (primary N) is 2. The number of carboxylic acid groups (broad SMARTS) is 1. The van der Waals surface area contributed by atoms with Gasteiger partial charge >= 0.3 is 5.97 Å². The summed E-state index contributed by atoms with van der Waals surface area (Å²) < 4.78 is 0. The number of aromatic hydroxyl groups is 1. The highest BCUT2D eigenvalue weighted by molar-refractivity contribution is 5.98. The predicted octanol–water partition coefficient (Wildman–Crippen LogP) is -2.08. The van der Waals surface area contributed by atoms with Crippen molar-refractivity contribution in [3.8, 4) is 5.75 Å². The summed E-state index contributed by atoms with van der Waals surface area (Å²) in [5.74, 6) is -7.06. The molecule has 4 heterocycles. The van der Waals surface area contributed by atoms with Gasteiger partial charge < -0.3 is 68.1 Å². The van der Waals surface area contributed by atoms with Gasteiger partial charge in [-0.2, -0.15) is 0 Å². The van der Waals surface area contributed by atoms with Crippen molar-refractivity contribution in [2.45, 2.75) is 81.2 Å². The van der Waals surface area contributed by atoms with E-state index in [0.29, 0.717) is 28.9 Å². The summed E-state index contributed by atoms with van der Waals surface area (Å²) in [5.41, 5.74) is 14.5. The number of para-hydroxylation sites is 1. The van der Waals surface area contributed by atoms with Crippen LogP contribution in [-0.2, 0) is 64.0 Å². The van der Waals surface area contributed by atoms with Crippen LogP contribution in [0.2, 0.25) is 0 Å². The van der Waals surface area contributed by atoms with Gasteiger partial charge in [0.1, 0.15) is 36.0 Å². The average molecular weight is 910 g/mol. The summed E-state index contributed by atoms with van der Waals surface area (Å²) in [7, 11) is 0. The van der Waals surface area contributed by atoms with Crippen molar-refractivity contribution < 1.29 is 48.6 Å². The molecule has 0 radical (unpaired) electrons. The normalized spacial score (nSPS) is 15.7. The third-order valence-corrected chi connectivity index (χ3v) is 11.0. The number of imidazole rings is 2. The zero-order valence-corrected chi connectivity index (χ0v) is 35.5. The molecule has 2 aromatic carbocycles. The minimum atomic E-state index is -1.61. The van der Waals surface area contributed by atoms with Crippen LogP contribution in [0.1, 0.15) is 41.8 Å². The second-order valence-electron chi connectivity index (χ2n) is 15.8. The predicted molar refractivity (Wildman–Crippen MR) is 233 cm³/mol. The van der Waals surface area contributed by atoms with Gasteiger partial charge in [0.2, 0.25) is 41.4 Å². The number of aliphatic carboxylic acids is 1. The molecule has 1 fully saturated rings. The zero-order chi connectivity index (χ0) is 47.3. The summed E-state index contributed by atoms with van der Waals surface area (Å²) in [6.07, 6.45) is 7.10. The monoisotopic (exact) mass is 909 g/mol. The molecule has 66 heavy (non-hydrogen) atoms. The Balaban J connectivity index is 1.16. The number of nitrogens with zero attached hydrogens (tertiary/aromatic N) is 3. The van der Waals surface area contributed by atoms with E-state index >= 15 is 0 Å². The third kappa shape index (κ3) is 12.8. The molecule has 0 spiro atoms. The molecule has 1 aliphatic rings. The summed E-state index contributed by atoms with van der Waals surface area (Å²) >= 11 is 0. The molecule has 6 atom stereocenters. The van der Waals surface area contributed by atoms with Gasteiger partial charge in [0.05, 0.1) is 31.7 Å². The fraction of sp³-hybridized carbons (Fsp3) is 0.349. The highest BCUT2D eigenvalue weighted by atomic mass is 16.4. The van der Waals surface area contributed by atoms with E-state index in [1.807, 2.05) is 18.2 Å². The lowest BCUT2D eigenvalue weighted by atomic mass is 10.0. The molecule has 0 saturated carbocycles. The van der Waals surface area contributed by atoms with Crippen LogP contribution in [-0.4, -0.2) is 137 Å². The van der Waals surface area contributed by atoms with E-state index in [4.69, 9.17) is 11.5 Å². The Labute approximate surface area is 376 Å². The molecule has 0 unspecified atom stereocenters. The smallest absolute Gasteiger partial charge is 0.326 e. The van der Waals surface area contributed by atoms with Crippen LogP contribution in [0.5, 0.6) is 5.75 Å². The van der Waals surface area contributed by atoms with Gasteiger partial charge in [-0.05, 0) is 42.2 Å². The standard InChI is InChI=1S/C43H51N13O10/c44-29(14-25-18-46-21-50-25)38(60)54-33(12-23-7-9-27(57)10-8-23)42(64)56-11-3-6-35(56)41(63)53-31(13-24-17-48-30-5-2-1-4-28(24)30)39(61)49-20-37(59)52-32(16-36(45)58)40(62)55-34(43(65)66)15-26-19-47-22-51-26/h1-2,4-5,7-10,17-19,21-22,29,31-35,48,57H,3,6,11-16,20,44H2,(H2,45,58)(H,46,50)(H,47,51)(H,49,61)(H,52,59)(H,53,63)(H,54,60)(H,55,62)(H,65,66)/t29-,31-,32-,33-,34-,35-/m0/s1. The van der Waals surface area contributed by atoms with Gasteiger partial charge in [0, 0.05) is 73.1 Å². The molecule has 23 nitrogen and oxygen atoms in total. The number of phenolic OH excluding ortho intramolecular Hbond substituents is 1. The molecule has 348 valence electrons. The zero-order valence-electron chi connectivity index (χ0n) is 35.5. The number of aromatic nitrogens is 5. The topological polar surface area (TPSA) is 366 Å². The Morgan fingerprint density at radius 2 is 1.44 bits per heavy atom. The van der Waals surface area contributed by atoms with Crippen LogP contribution in [0, 0.1) is 0 Å². The molecule has 23 heteroatoms. The summed E-state index contributed by atoms with van der Waals surface area (Å²) in [6, 6.07) is 5.62. The Morgan fingerprint density at radius 3 is 2.11 bits per heavy atom. The quantitative estimate of drug-likeness (QED) is 0.0355. The van der Waals surface area contributed by atoms with Crippen molar-refractivity contribution in [3.05, 3.63) is 102 Å². The van der Waals surface area contributed by atoms with Crippen LogP contribution in [0.15, 0.2) is 79.8 Å². The Bertz CT molecular complexity index is 2510. The summed E-state index contributed by atoms with van der Waals surface area (Å²) in [5, 5.41) is 32.9. The summed E-state index contributed by atoms with van der Waals surface area (Å²) in [4.78, 5) is 124. The molecule has 7 amide bonds. The molecule has 3 aromatic heterocycles. The number of rotatable bonds is 22. The molecule has 6 rings (SSSR count). The van der Waals surface area contributed by atoms with Gasteiger partial charge in [0.15, 0.2) is 0 Å². The van der Waals surface area contributed by atoms with Gasteiger partial charge in [-0.15, -0.1) is 0 Å². The second kappa shape index (κ2) is 22.0. The first-order valence-corrected chi connectivity index (χ1v) is 21.0. The number of carbonyl (C=O) groups is 8. The Morgan fingerprint density at radius 1 is 0.758 bits per heavy atom. The third-order valence-electron chi connectivity index (χ3n) is 11.0. The number of fused-ring (bicyclic) bond motifs is 1. The van der Waals surface area contributed by atoms with Crippen molar-refractivity contribution in [1.29, 1.82) is 0 Å². The highest BCUT2D eigenvalue weighted by Gasteiger charge is 2.40. The number of carbonyl (C=O) groups excluding carboxylic acids is 7. The molecule has 0 aliphatic carbocycles. The van der Waals surface area contributed by atoms with Crippen LogP contribution < -0.4 is 38.1 Å². The lowest BCUT2D eigenvalue weighted by Gasteiger charge is -2.30. The molecule has 14 N–H and O–H groups in total. The second-order valence-corrected chi connectivity index (χ2v) is 15.8. The molecule has 1 saturated heterocycles. The first kappa shape index (κ1) is 47.4. The lowest BCUT2D eigenvalue weighted by Crippen LogP contribution is -2.58. The van der Waals surface area contributed by atoms with E-state index in [0.717, 1.165) is 10.9 Å². The minimum absolute atomic E-state index is 0.00116. The lowest BCUT2D eigenvalue weighted by molar-refractivity contribution is -0.142. The Kier molecular flexibility index (Phi) is 15.8. The largest absolute Gasteiger partial charge is 0.508 e. The van der Waals surface area contributed by atoms with E-state index in [1.165, 1.54) is 42.1 Å². The van der Waals surface area contributed by atoms with Crippen molar-refractivity contribution in [1.82, 2.24) is 56.4 Å². The maximum Gasteiger partial charge on any atom is 0.326 e. The molecular formula is C43H51N13O10. The molecule has 5 aromatic rings. The Hall–Kier alpha value is -8.08. The maximum atomic E-state index is 14.4. The number of hydrogen-bond acceptors (Lipinski definition) is 12. The van der Waals surface area contributed by atoms with Crippen LogP contribution >= 0.6 is 0 Å². The van der Waals surface area contributed by atoms with Gasteiger partial charge in [-0.25, -0.2) is 14.8 Å². The van der Waals surface area contributed by atoms with E-state index in [1.54, 1.807) is 24.4 Å².